The van der Waals surface area contributed by atoms with Gasteiger partial charge in [0.1, 0.15) is 6.17 Å². The second-order valence-electron chi connectivity index (χ2n) is 8.53. The molecule has 1 unspecified atom stereocenters. The number of nitrogens with zero attached hydrogens (tertiary/aromatic N) is 3. The van der Waals surface area contributed by atoms with E-state index in [4.69, 9.17) is 10.3 Å². The number of allylic oxidation sites excluding steroid dienone is 1. The SMILES string of the molecule is CCCNC1N=C(Nc2ccc(C#N)cc2)NC(C)=C1C#CCCCN1C(=O)c2ccccc2C1=O. The molecule has 2 aromatic carbocycles. The van der Waals surface area contributed by atoms with Crippen LogP contribution in [0.15, 0.2) is 64.8 Å². The molecule has 0 saturated carbocycles. The van der Waals surface area contributed by atoms with Crippen molar-refractivity contribution in [3.8, 4) is 17.9 Å². The number of nitrogens with one attached hydrogen (secondary N) is 3. The molecule has 0 aromatic heterocycles. The summed E-state index contributed by atoms with van der Waals surface area (Å²) >= 11 is 0. The van der Waals surface area contributed by atoms with Gasteiger partial charge in [-0.15, -0.1) is 0 Å². The zero-order valence-electron chi connectivity index (χ0n) is 20.4. The molecular weight excluding hydrogens is 452 g/mol. The number of rotatable bonds is 7. The second-order valence-corrected chi connectivity index (χ2v) is 8.53. The van der Waals surface area contributed by atoms with Crippen molar-refractivity contribution >= 4 is 23.5 Å². The first-order chi connectivity index (χ1) is 17.5. The lowest BCUT2D eigenvalue weighted by molar-refractivity contribution is 0.0653. The van der Waals surface area contributed by atoms with Gasteiger partial charge in [0.2, 0.25) is 5.96 Å². The molecule has 2 aliphatic rings. The number of hydrogen-bond donors (Lipinski definition) is 3. The van der Waals surface area contributed by atoms with E-state index >= 15 is 0 Å². The van der Waals surface area contributed by atoms with Crippen molar-refractivity contribution in [1.82, 2.24) is 15.5 Å². The summed E-state index contributed by atoms with van der Waals surface area (Å²) in [6.45, 7) is 5.18. The minimum absolute atomic E-state index is 0.237. The van der Waals surface area contributed by atoms with Crippen LogP contribution in [0.5, 0.6) is 0 Å². The van der Waals surface area contributed by atoms with Crippen molar-refractivity contribution in [2.45, 2.75) is 39.3 Å². The van der Waals surface area contributed by atoms with Crippen molar-refractivity contribution in [1.29, 1.82) is 5.26 Å². The molecule has 3 N–H and O–H groups in total. The zero-order chi connectivity index (χ0) is 25.5. The molecule has 0 aliphatic carbocycles. The third-order valence-electron chi connectivity index (χ3n) is 5.89. The van der Waals surface area contributed by atoms with Gasteiger partial charge < -0.3 is 10.6 Å². The Hall–Kier alpha value is -4.40. The lowest BCUT2D eigenvalue weighted by atomic mass is 10.1. The molecule has 8 nitrogen and oxygen atoms in total. The largest absolute Gasteiger partial charge is 0.329 e. The molecule has 2 heterocycles. The fourth-order valence-corrected chi connectivity index (χ4v) is 4.02. The number of hydrogen-bond acceptors (Lipinski definition) is 7. The van der Waals surface area contributed by atoms with E-state index < -0.39 is 0 Å². The Balaban J connectivity index is 1.37. The fourth-order valence-electron chi connectivity index (χ4n) is 4.02. The number of carbonyl (C=O) groups excluding carboxylic acids is 2. The second kappa shape index (κ2) is 11.4. The molecule has 182 valence electrons. The van der Waals surface area contributed by atoms with Crippen molar-refractivity contribution in [2.75, 3.05) is 18.4 Å². The molecule has 0 saturated heterocycles. The molecule has 0 spiro atoms. The predicted octanol–water partition coefficient (Wildman–Crippen LogP) is 3.61. The van der Waals surface area contributed by atoms with E-state index in [1.807, 2.05) is 19.1 Å². The van der Waals surface area contributed by atoms with Crippen molar-refractivity contribution in [3.63, 3.8) is 0 Å². The van der Waals surface area contributed by atoms with Crippen LogP contribution in [0.3, 0.4) is 0 Å². The van der Waals surface area contributed by atoms with Crippen LogP contribution in [0.1, 0.15) is 59.4 Å². The van der Waals surface area contributed by atoms with E-state index in [0.717, 1.165) is 29.9 Å². The maximum absolute atomic E-state index is 12.5. The highest BCUT2D eigenvalue weighted by Crippen LogP contribution is 2.22. The Morgan fingerprint density at radius 1 is 1.08 bits per heavy atom. The summed E-state index contributed by atoms with van der Waals surface area (Å²) in [5, 5.41) is 18.9. The summed E-state index contributed by atoms with van der Waals surface area (Å²) < 4.78 is 0. The zero-order valence-corrected chi connectivity index (χ0v) is 20.4. The fraction of sp³-hybridized carbons (Fsp3) is 0.286. The summed E-state index contributed by atoms with van der Waals surface area (Å²) in [6.07, 6.45) is 1.80. The first kappa shape index (κ1) is 24.7. The summed E-state index contributed by atoms with van der Waals surface area (Å²) in [6, 6.07) is 16.2. The number of aliphatic imine (C=N–C) groups is 1. The Labute approximate surface area is 211 Å². The van der Waals surface area contributed by atoms with Crippen LogP contribution in [-0.4, -0.2) is 41.9 Å². The summed E-state index contributed by atoms with van der Waals surface area (Å²) in [7, 11) is 0. The van der Waals surface area contributed by atoms with E-state index in [-0.39, 0.29) is 18.0 Å². The van der Waals surface area contributed by atoms with Crippen LogP contribution < -0.4 is 16.0 Å². The van der Waals surface area contributed by atoms with Gasteiger partial charge >= 0.3 is 0 Å². The Bertz CT molecular complexity index is 1290. The number of carbonyl (C=O) groups is 2. The molecule has 0 bridgehead atoms. The number of amides is 2. The van der Waals surface area contributed by atoms with Crippen LogP contribution in [0, 0.1) is 23.2 Å². The van der Waals surface area contributed by atoms with Crippen LogP contribution in [-0.2, 0) is 0 Å². The average Bonchev–Trinajstić information content (AvgIpc) is 3.13. The maximum atomic E-state index is 12.5. The Morgan fingerprint density at radius 3 is 2.42 bits per heavy atom. The number of nitriles is 1. The van der Waals surface area contributed by atoms with Crippen molar-refractivity contribution < 1.29 is 9.59 Å². The molecule has 36 heavy (non-hydrogen) atoms. The van der Waals surface area contributed by atoms with E-state index in [0.29, 0.717) is 42.0 Å². The van der Waals surface area contributed by atoms with Crippen molar-refractivity contribution in [3.05, 3.63) is 76.5 Å². The van der Waals surface area contributed by atoms with Gasteiger partial charge in [0.05, 0.1) is 28.3 Å². The molecule has 2 aliphatic heterocycles. The van der Waals surface area contributed by atoms with Gasteiger partial charge in [-0.05, 0) is 62.7 Å². The molecule has 1 atom stereocenters. The van der Waals surface area contributed by atoms with Gasteiger partial charge in [-0.25, -0.2) is 4.99 Å². The molecule has 2 aromatic rings. The number of benzene rings is 2. The minimum atomic E-state index is -0.296. The Kier molecular flexibility index (Phi) is 7.79. The van der Waals surface area contributed by atoms with Crippen LogP contribution >= 0.6 is 0 Å². The van der Waals surface area contributed by atoms with E-state index in [9.17, 15) is 9.59 Å². The van der Waals surface area contributed by atoms with Gasteiger partial charge in [-0.3, -0.25) is 19.8 Å². The van der Waals surface area contributed by atoms with Crippen molar-refractivity contribution in [2.24, 2.45) is 4.99 Å². The number of imide groups is 1. The highest BCUT2D eigenvalue weighted by molar-refractivity contribution is 6.21. The average molecular weight is 481 g/mol. The molecule has 0 fully saturated rings. The third kappa shape index (κ3) is 5.46. The maximum Gasteiger partial charge on any atom is 0.261 e. The van der Waals surface area contributed by atoms with Gasteiger partial charge in [0.25, 0.3) is 11.8 Å². The van der Waals surface area contributed by atoms with Gasteiger partial charge in [-0.1, -0.05) is 30.9 Å². The highest BCUT2D eigenvalue weighted by Gasteiger charge is 2.34. The quantitative estimate of drug-likeness (QED) is 0.317. The lowest BCUT2D eigenvalue weighted by Crippen LogP contribution is -2.42. The number of guanidine groups is 1. The van der Waals surface area contributed by atoms with Crippen LogP contribution in [0.25, 0.3) is 0 Å². The normalized spacial score (nSPS) is 16.5. The molecule has 0 radical (unpaired) electrons. The van der Waals surface area contributed by atoms with Crippen LogP contribution in [0.2, 0.25) is 0 Å². The Morgan fingerprint density at radius 2 is 1.78 bits per heavy atom. The summed E-state index contributed by atoms with van der Waals surface area (Å²) in [5.41, 5.74) is 4.10. The molecular formula is C28H28N6O2. The lowest BCUT2D eigenvalue weighted by Gasteiger charge is -2.25. The monoisotopic (exact) mass is 480 g/mol. The summed E-state index contributed by atoms with van der Waals surface area (Å²) in [5.74, 6) is 6.55. The van der Waals surface area contributed by atoms with E-state index in [1.54, 1.807) is 36.4 Å². The topological polar surface area (TPSA) is 110 Å². The number of unbranched alkanes of at least 4 members (excludes halogenated alkanes) is 1. The van der Waals surface area contributed by atoms with Gasteiger partial charge in [0.15, 0.2) is 0 Å². The number of fused-ring (bicyclic) bond motifs is 1. The molecule has 8 heteroatoms. The smallest absolute Gasteiger partial charge is 0.261 e. The third-order valence-corrected chi connectivity index (χ3v) is 5.89. The first-order valence-corrected chi connectivity index (χ1v) is 12.0. The highest BCUT2D eigenvalue weighted by atomic mass is 16.2. The predicted molar refractivity (Wildman–Crippen MR) is 139 cm³/mol. The first-order valence-electron chi connectivity index (χ1n) is 12.0. The standard InChI is InChI=1S/C28H28N6O2/c1-3-16-30-25-22(19(2)31-28(33-25)32-21-14-12-20(18-29)13-15-21)9-5-4-8-17-34-26(35)23-10-6-7-11-24(23)27(34)36/h6-7,10-15,25,30H,3-4,8,16-17H2,1-2H3,(H2,31,32,33). The molecule has 2 amide bonds. The van der Waals surface area contributed by atoms with E-state index in [1.165, 1.54) is 4.90 Å². The summed E-state index contributed by atoms with van der Waals surface area (Å²) in [4.78, 5) is 31.1. The van der Waals surface area contributed by atoms with Gasteiger partial charge in [-0.2, -0.15) is 5.26 Å². The number of anilines is 1. The van der Waals surface area contributed by atoms with Crippen LogP contribution in [0.4, 0.5) is 5.69 Å². The van der Waals surface area contributed by atoms with E-state index in [2.05, 4.69) is 40.8 Å². The minimum Gasteiger partial charge on any atom is -0.329 e. The molecule has 4 rings (SSSR count). The van der Waals surface area contributed by atoms with Gasteiger partial charge in [0, 0.05) is 24.4 Å².